The Balaban J connectivity index is 0.00000243. The summed E-state index contributed by atoms with van der Waals surface area (Å²) in [5, 5.41) is 14.8. The summed E-state index contributed by atoms with van der Waals surface area (Å²) in [4.78, 5) is 6.85. The molecule has 2 unspecified atom stereocenters. The monoisotopic (exact) mass is 469 g/mol. The van der Waals surface area contributed by atoms with Crippen molar-refractivity contribution in [2.24, 2.45) is 12.0 Å². The molecule has 142 valence electrons. The SMILES string of the molecule is CN=C(NCc1nncn1C)NC1CC(C)N(Cc2ccccc2)C1.I. The lowest BCUT2D eigenvalue weighted by molar-refractivity contribution is 0.258. The van der Waals surface area contributed by atoms with Crippen LogP contribution in [-0.2, 0) is 20.1 Å². The number of nitrogens with one attached hydrogen (secondary N) is 2. The maximum atomic E-state index is 4.33. The van der Waals surface area contributed by atoms with Crippen LogP contribution in [0.2, 0.25) is 0 Å². The van der Waals surface area contributed by atoms with Gasteiger partial charge in [-0.25, -0.2) is 0 Å². The molecule has 26 heavy (non-hydrogen) atoms. The van der Waals surface area contributed by atoms with E-state index in [4.69, 9.17) is 0 Å². The highest BCUT2D eigenvalue weighted by Gasteiger charge is 2.29. The number of likely N-dealkylation sites (tertiary alicyclic amines) is 1. The predicted octanol–water partition coefficient (Wildman–Crippen LogP) is 1.76. The second-order valence-corrected chi connectivity index (χ2v) is 6.62. The van der Waals surface area contributed by atoms with Gasteiger partial charge in [-0.3, -0.25) is 9.89 Å². The number of rotatable bonds is 5. The number of aromatic nitrogens is 3. The zero-order valence-electron chi connectivity index (χ0n) is 15.6. The van der Waals surface area contributed by atoms with Crippen molar-refractivity contribution in [3.63, 3.8) is 0 Å². The minimum absolute atomic E-state index is 0. The summed E-state index contributed by atoms with van der Waals surface area (Å²) in [6, 6.07) is 11.6. The number of benzene rings is 1. The lowest BCUT2D eigenvalue weighted by Crippen LogP contribution is -2.44. The van der Waals surface area contributed by atoms with Gasteiger partial charge in [-0.15, -0.1) is 34.2 Å². The topological polar surface area (TPSA) is 70.4 Å². The smallest absolute Gasteiger partial charge is 0.191 e. The molecule has 0 radical (unpaired) electrons. The Morgan fingerprint density at radius 3 is 2.73 bits per heavy atom. The van der Waals surface area contributed by atoms with E-state index in [-0.39, 0.29) is 24.0 Å². The van der Waals surface area contributed by atoms with Gasteiger partial charge in [0.15, 0.2) is 11.8 Å². The lowest BCUT2D eigenvalue weighted by Gasteiger charge is -2.21. The molecule has 1 saturated heterocycles. The van der Waals surface area contributed by atoms with Gasteiger partial charge in [0.2, 0.25) is 0 Å². The number of aliphatic imine (C=N–C) groups is 1. The Hall–Kier alpha value is -1.68. The zero-order valence-corrected chi connectivity index (χ0v) is 17.9. The van der Waals surface area contributed by atoms with Gasteiger partial charge in [-0.1, -0.05) is 30.3 Å². The van der Waals surface area contributed by atoms with Crippen LogP contribution in [0.3, 0.4) is 0 Å². The van der Waals surface area contributed by atoms with E-state index < -0.39 is 0 Å². The van der Waals surface area contributed by atoms with Gasteiger partial charge in [0.1, 0.15) is 6.33 Å². The van der Waals surface area contributed by atoms with Gasteiger partial charge in [0, 0.05) is 39.3 Å². The molecule has 1 aromatic carbocycles. The summed E-state index contributed by atoms with van der Waals surface area (Å²) in [6.07, 6.45) is 2.81. The summed E-state index contributed by atoms with van der Waals surface area (Å²) in [5.41, 5.74) is 1.36. The Kier molecular flexibility index (Phi) is 7.83. The molecule has 2 N–H and O–H groups in total. The molecule has 8 heteroatoms. The van der Waals surface area contributed by atoms with Gasteiger partial charge in [-0.2, -0.15) is 0 Å². The molecule has 2 atom stereocenters. The Morgan fingerprint density at radius 1 is 1.31 bits per heavy atom. The fourth-order valence-electron chi connectivity index (χ4n) is 3.26. The molecule has 0 saturated carbocycles. The zero-order chi connectivity index (χ0) is 17.6. The van der Waals surface area contributed by atoms with Gasteiger partial charge < -0.3 is 15.2 Å². The molecule has 1 aliphatic heterocycles. The summed E-state index contributed by atoms with van der Waals surface area (Å²) < 4.78 is 1.90. The molecule has 2 heterocycles. The van der Waals surface area contributed by atoms with Crippen molar-refractivity contribution in [2.45, 2.75) is 38.5 Å². The number of guanidine groups is 1. The van der Waals surface area contributed by atoms with Crippen LogP contribution in [0, 0.1) is 0 Å². The first-order valence-electron chi connectivity index (χ1n) is 8.73. The van der Waals surface area contributed by atoms with Crippen LogP contribution in [0.5, 0.6) is 0 Å². The molecule has 1 aliphatic rings. The maximum Gasteiger partial charge on any atom is 0.191 e. The fraction of sp³-hybridized carbons (Fsp3) is 0.500. The van der Waals surface area contributed by atoms with Crippen molar-refractivity contribution in [3.8, 4) is 0 Å². The van der Waals surface area contributed by atoms with Crippen molar-refractivity contribution in [3.05, 3.63) is 48.0 Å². The van der Waals surface area contributed by atoms with Crippen LogP contribution in [0.1, 0.15) is 24.7 Å². The normalized spacial score (nSPS) is 20.7. The standard InChI is InChI=1S/C18H27N7.HI/c1-14-9-16(12-25(14)11-15-7-5-4-6-8-15)22-18(19-2)20-10-17-23-21-13-24(17)3;/h4-8,13-14,16H,9-12H2,1-3H3,(H2,19,20,22);1H. The third-order valence-corrected chi connectivity index (χ3v) is 4.72. The third-order valence-electron chi connectivity index (χ3n) is 4.72. The van der Waals surface area contributed by atoms with Gasteiger partial charge in [-0.05, 0) is 18.9 Å². The maximum absolute atomic E-state index is 4.33. The Labute approximate surface area is 172 Å². The van der Waals surface area contributed by atoms with Crippen LogP contribution >= 0.6 is 24.0 Å². The first-order chi connectivity index (χ1) is 12.2. The second-order valence-electron chi connectivity index (χ2n) is 6.62. The predicted molar refractivity (Wildman–Crippen MR) is 114 cm³/mol. The minimum Gasteiger partial charge on any atom is -0.352 e. The summed E-state index contributed by atoms with van der Waals surface area (Å²) in [6.45, 7) is 4.90. The second kappa shape index (κ2) is 9.86. The van der Waals surface area contributed by atoms with E-state index in [0.717, 1.165) is 31.3 Å². The van der Waals surface area contributed by atoms with Crippen LogP contribution in [-0.4, -0.2) is 51.3 Å². The highest BCUT2D eigenvalue weighted by molar-refractivity contribution is 14.0. The lowest BCUT2D eigenvalue weighted by atomic mass is 10.2. The van der Waals surface area contributed by atoms with Crippen molar-refractivity contribution < 1.29 is 0 Å². The number of halogens is 1. The van der Waals surface area contributed by atoms with Crippen LogP contribution < -0.4 is 10.6 Å². The summed E-state index contributed by atoms with van der Waals surface area (Å²) in [5.74, 6) is 1.69. The fourth-order valence-corrected chi connectivity index (χ4v) is 3.26. The first kappa shape index (κ1) is 20.6. The number of aryl methyl sites for hydroxylation is 1. The molecule has 3 rings (SSSR count). The van der Waals surface area contributed by atoms with E-state index in [9.17, 15) is 0 Å². The van der Waals surface area contributed by atoms with E-state index in [0.29, 0.717) is 18.6 Å². The van der Waals surface area contributed by atoms with Gasteiger partial charge in [0.05, 0.1) is 6.54 Å². The largest absolute Gasteiger partial charge is 0.352 e. The van der Waals surface area contributed by atoms with Gasteiger partial charge >= 0.3 is 0 Å². The molecule has 0 aliphatic carbocycles. The molecular formula is C18H28IN7. The van der Waals surface area contributed by atoms with E-state index in [2.05, 4.69) is 68.0 Å². The number of hydrogen-bond acceptors (Lipinski definition) is 4. The van der Waals surface area contributed by atoms with E-state index in [1.165, 1.54) is 5.56 Å². The highest BCUT2D eigenvalue weighted by Crippen LogP contribution is 2.20. The molecule has 1 aromatic heterocycles. The van der Waals surface area contributed by atoms with Crippen molar-refractivity contribution in [2.75, 3.05) is 13.6 Å². The quantitative estimate of drug-likeness (QED) is 0.397. The molecule has 1 fully saturated rings. The molecule has 0 spiro atoms. The van der Waals surface area contributed by atoms with Crippen molar-refractivity contribution >= 4 is 29.9 Å². The molecule has 2 aromatic rings. The highest BCUT2D eigenvalue weighted by atomic mass is 127. The van der Waals surface area contributed by atoms with Crippen LogP contribution in [0.4, 0.5) is 0 Å². The molecule has 0 bridgehead atoms. The first-order valence-corrected chi connectivity index (χ1v) is 8.73. The average Bonchev–Trinajstić information content (AvgIpc) is 3.18. The average molecular weight is 469 g/mol. The Morgan fingerprint density at radius 2 is 2.08 bits per heavy atom. The van der Waals surface area contributed by atoms with E-state index in [1.807, 2.05) is 11.6 Å². The van der Waals surface area contributed by atoms with Gasteiger partial charge in [0.25, 0.3) is 0 Å². The van der Waals surface area contributed by atoms with E-state index in [1.54, 1.807) is 13.4 Å². The van der Waals surface area contributed by atoms with Crippen molar-refractivity contribution in [1.82, 2.24) is 30.3 Å². The van der Waals surface area contributed by atoms with Crippen molar-refractivity contribution in [1.29, 1.82) is 0 Å². The molecular weight excluding hydrogens is 441 g/mol. The number of hydrogen-bond donors (Lipinski definition) is 2. The van der Waals surface area contributed by atoms with E-state index >= 15 is 0 Å². The number of nitrogens with zero attached hydrogens (tertiary/aromatic N) is 5. The third kappa shape index (κ3) is 5.41. The summed E-state index contributed by atoms with van der Waals surface area (Å²) >= 11 is 0. The molecule has 7 nitrogen and oxygen atoms in total. The van der Waals surface area contributed by atoms with Crippen LogP contribution in [0.15, 0.2) is 41.7 Å². The van der Waals surface area contributed by atoms with Crippen LogP contribution in [0.25, 0.3) is 0 Å². The Bertz CT molecular complexity index is 701. The summed E-state index contributed by atoms with van der Waals surface area (Å²) in [7, 11) is 3.74. The minimum atomic E-state index is 0. The molecule has 0 amide bonds.